The van der Waals surface area contributed by atoms with Crippen molar-refractivity contribution in [1.29, 1.82) is 0 Å². The molecule has 84 valence electrons. The molecule has 1 aromatic heterocycles. The average molecular weight is 222 g/mol. The normalized spacial score (nSPS) is 10.4. The Morgan fingerprint density at radius 2 is 1.88 bits per heavy atom. The fraction of sp³-hybridized carbons (Fsp3) is 0.222. The summed E-state index contributed by atoms with van der Waals surface area (Å²) in [5.74, 6) is -1.77. The Labute approximate surface area is 91.2 Å². The number of rotatable bonds is 3. The second kappa shape index (κ2) is 4.96. The zero-order valence-corrected chi connectivity index (χ0v) is 8.76. The van der Waals surface area contributed by atoms with Gasteiger partial charge in [0, 0.05) is 12.2 Å². The molecule has 0 unspecified atom stereocenters. The number of aryl methyl sites for hydroxylation is 2. The lowest BCUT2D eigenvalue weighted by molar-refractivity contribution is -0.131. The first kappa shape index (κ1) is 11.8. The first-order valence-corrected chi connectivity index (χ1v) is 4.39. The number of carbonyl (C=O) groups is 2. The van der Waals surface area contributed by atoms with E-state index in [2.05, 4.69) is 20.5 Å². The molecule has 1 amide bonds. The largest absolute Gasteiger partial charge is 0.478 e. The Hall–Kier alpha value is -2.31. The number of nitrogens with one attached hydrogen (secondary N) is 1. The molecule has 0 saturated heterocycles. The molecular formula is C9H10N4O3. The van der Waals surface area contributed by atoms with Crippen LogP contribution < -0.4 is 5.32 Å². The van der Waals surface area contributed by atoms with Gasteiger partial charge in [0.15, 0.2) is 0 Å². The van der Waals surface area contributed by atoms with E-state index in [1.165, 1.54) is 0 Å². The number of anilines is 1. The molecule has 0 radical (unpaired) electrons. The van der Waals surface area contributed by atoms with Crippen molar-refractivity contribution >= 4 is 17.8 Å². The van der Waals surface area contributed by atoms with Crippen molar-refractivity contribution in [3.8, 4) is 0 Å². The summed E-state index contributed by atoms with van der Waals surface area (Å²) < 4.78 is 0. The smallest absolute Gasteiger partial charge is 0.328 e. The predicted octanol–water partition coefficient (Wildman–Crippen LogP) is 0.0677. The Morgan fingerprint density at radius 1 is 1.19 bits per heavy atom. The van der Waals surface area contributed by atoms with Crippen LogP contribution in [0.15, 0.2) is 12.2 Å². The number of carbonyl (C=O) groups excluding carboxylic acids is 1. The summed E-state index contributed by atoms with van der Waals surface area (Å²) in [4.78, 5) is 25.2. The van der Waals surface area contributed by atoms with Crippen molar-refractivity contribution < 1.29 is 14.7 Å². The Morgan fingerprint density at radius 3 is 2.44 bits per heavy atom. The maximum Gasteiger partial charge on any atom is 0.328 e. The first-order chi connectivity index (χ1) is 7.49. The standard InChI is InChI=1S/C9H10N4O3/c1-5-6(2)12-13-9(10-5)11-7(14)3-4-8(15)16/h3-4H,1-2H3,(H,15,16)(H,10,11,13,14)/b4-3+. The summed E-state index contributed by atoms with van der Waals surface area (Å²) in [6.45, 7) is 3.47. The molecule has 1 aromatic rings. The van der Waals surface area contributed by atoms with Crippen molar-refractivity contribution in [3.63, 3.8) is 0 Å². The van der Waals surface area contributed by atoms with Crippen molar-refractivity contribution in [2.75, 3.05) is 5.32 Å². The highest BCUT2D eigenvalue weighted by Gasteiger charge is 2.04. The van der Waals surface area contributed by atoms with Crippen LogP contribution >= 0.6 is 0 Å². The number of nitrogens with zero attached hydrogens (tertiary/aromatic N) is 3. The molecule has 1 rings (SSSR count). The van der Waals surface area contributed by atoms with Gasteiger partial charge in [-0.3, -0.25) is 10.1 Å². The van der Waals surface area contributed by atoms with Crippen molar-refractivity contribution in [2.45, 2.75) is 13.8 Å². The molecule has 2 N–H and O–H groups in total. The zero-order valence-electron chi connectivity index (χ0n) is 8.76. The van der Waals surface area contributed by atoms with E-state index in [0.717, 1.165) is 12.2 Å². The highest BCUT2D eigenvalue weighted by Crippen LogP contribution is 2.01. The lowest BCUT2D eigenvalue weighted by atomic mass is 10.4. The van der Waals surface area contributed by atoms with Gasteiger partial charge in [-0.2, -0.15) is 5.10 Å². The van der Waals surface area contributed by atoms with Gasteiger partial charge in [0.05, 0.1) is 11.4 Å². The predicted molar refractivity (Wildman–Crippen MR) is 54.7 cm³/mol. The summed E-state index contributed by atoms with van der Waals surface area (Å²) in [5, 5.41) is 18.0. The van der Waals surface area contributed by atoms with Crippen LogP contribution in [-0.4, -0.2) is 32.2 Å². The Bertz CT molecular complexity index is 456. The van der Waals surface area contributed by atoms with Crippen LogP contribution in [0.25, 0.3) is 0 Å². The highest BCUT2D eigenvalue weighted by molar-refractivity contribution is 6.01. The van der Waals surface area contributed by atoms with Crippen LogP contribution in [0.5, 0.6) is 0 Å². The van der Waals surface area contributed by atoms with Gasteiger partial charge in [-0.1, -0.05) is 0 Å². The Kier molecular flexibility index (Phi) is 3.65. The van der Waals surface area contributed by atoms with E-state index in [1.807, 2.05) is 0 Å². The van der Waals surface area contributed by atoms with Gasteiger partial charge in [0.1, 0.15) is 0 Å². The molecule has 16 heavy (non-hydrogen) atoms. The van der Waals surface area contributed by atoms with Crippen LogP contribution in [-0.2, 0) is 9.59 Å². The third kappa shape index (κ3) is 3.45. The molecule has 0 spiro atoms. The van der Waals surface area contributed by atoms with Gasteiger partial charge in [-0.25, -0.2) is 9.78 Å². The molecule has 0 bridgehead atoms. The van der Waals surface area contributed by atoms with Crippen molar-refractivity contribution in [1.82, 2.24) is 15.2 Å². The zero-order chi connectivity index (χ0) is 12.1. The molecule has 0 aliphatic rings. The maximum absolute atomic E-state index is 11.1. The van der Waals surface area contributed by atoms with Crippen molar-refractivity contribution in [2.24, 2.45) is 0 Å². The number of amides is 1. The Balaban J connectivity index is 2.70. The molecule has 0 aromatic carbocycles. The fourth-order valence-corrected chi connectivity index (χ4v) is 0.809. The van der Waals surface area contributed by atoms with Gasteiger partial charge < -0.3 is 5.11 Å². The quantitative estimate of drug-likeness (QED) is 0.701. The first-order valence-electron chi connectivity index (χ1n) is 4.39. The van der Waals surface area contributed by atoms with Crippen molar-refractivity contribution in [3.05, 3.63) is 23.5 Å². The van der Waals surface area contributed by atoms with E-state index in [0.29, 0.717) is 11.4 Å². The van der Waals surface area contributed by atoms with Crippen LogP contribution in [0.3, 0.4) is 0 Å². The third-order valence-electron chi connectivity index (χ3n) is 1.70. The molecule has 0 aliphatic carbocycles. The number of hydrogen-bond donors (Lipinski definition) is 2. The summed E-state index contributed by atoms with van der Waals surface area (Å²) in [6, 6.07) is 0. The van der Waals surface area contributed by atoms with Gasteiger partial charge in [-0.05, 0) is 13.8 Å². The minimum absolute atomic E-state index is 0.0446. The summed E-state index contributed by atoms with van der Waals surface area (Å²) in [6.07, 6.45) is 1.60. The molecule has 1 heterocycles. The average Bonchev–Trinajstić information content (AvgIpc) is 2.21. The number of hydrogen-bond acceptors (Lipinski definition) is 5. The third-order valence-corrected chi connectivity index (χ3v) is 1.70. The van der Waals surface area contributed by atoms with Gasteiger partial charge in [0.2, 0.25) is 5.95 Å². The van der Waals surface area contributed by atoms with E-state index in [-0.39, 0.29) is 5.95 Å². The molecule has 7 nitrogen and oxygen atoms in total. The molecule has 0 fully saturated rings. The number of aliphatic carboxylic acids is 1. The van der Waals surface area contributed by atoms with Gasteiger partial charge >= 0.3 is 5.97 Å². The molecule has 7 heteroatoms. The minimum atomic E-state index is -1.20. The number of aromatic nitrogens is 3. The lowest BCUT2D eigenvalue weighted by Crippen LogP contribution is -2.13. The second-order valence-corrected chi connectivity index (χ2v) is 2.97. The SMILES string of the molecule is Cc1nnc(NC(=O)/C=C/C(=O)O)nc1C. The lowest BCUT2D eigenvalue weighted by Gasteiger charge is -2.01. The fourth-order valence-electron chi connectivity index (χ4n) is 0.809. The minimum Gasteiger partial charge on any atom is -0.478 e. The molecule has 0 aliphatic heterocycles. The summed E-state index contributed by atoms with van der Waals surface area (Å²) in [7, 11) is 0. The van der Waals surface area contributed by atoms with Crippen LogP contribution in [0, 0.1) is 13.8 Å². The van der Waals surface area contributed by atoms with Crippen LogP contribution in [0.2, 0.25) is 0 Å². The molecule has 0 saturated carbocycles. The van der Waals surface area contributed by atoms with Crippen LogP contribution in [0.1, 0.15) is 11.4 Å². The van der Waals surface area contributed by atoms with E-state index in [4.69, 9.17) is 5.11 Å². The van der Waals surface area contributed by atoms with Gasteiger partial charge in [0.25, 0.3) is 5.91 Å². The molecule has 0 atom stereocenters. The van der Waals surface area contributed by atoms with E-state index in [9.17, 15) is 9.59 Å². The second-order valence-electron chi connectivity index (χ2n) is 2.97. The topological polar surface area (TPSA) is 105 Å². The molecular weight excluding hydrogens is 212 g/mol. The number of carboxylic acid groups (broad SMARTS) is 1. The number of carboxylic acids is 1. The van der Waals surface area contributed by atoms with E-state index >= 15 is 0 Å². The van der Waals surface area contributed by atoms with Crippen LogP contribution in [0.4, 0.5) is 5.95 Å². The summed E-state index contributed by atoms with van der Waals surface area (Å²) >= 11 is 0. The van der Waals surface area contributed by atoms with E-state index in [1.54, 1.807) is 13.8 Å². The summed E-state index contributed by atoms with van der Waals surface area (Å²) in [5.41, 5.74) is 1.31. The maximum atomic E-state index is 11.1. The van der Waals surface area contributed by atoms with Gasteiger partial charge in [-0.15, -0.1) is 5.10 Å². The van der Waals surface area contributed by atoms with E-state index < -0.39 is 11.9 Å². The highest BCUT2D eigenvalue weighted by atomic mass is 16.4. The monoisotopic (exact) mass is 222 g/mol.